The minimum atomic E-state index is -2.58. The van der Waals surface area contributed by atoms with Crippen LogP contribution in [0.1, 0.15) is 170 Å². The first-order valence-electron chi connectivity index (χ1n) is 43.2. The predicted molar refractivity (Wildman–Crippen MR) is 444 cm³/mol. The minimum Gasteiger partial charge on any atom is -0.464 e. The fourth-order valence-electron chi connectivity index (χ4n) is 17.7. The van der Waals surface area contributed by atoms with E-state index in [1.165, 1.54) is 85.2 Å². The number of benzene rings is 3. The zero-order valence-electron chi connectivity index (χ0n) is 73.7. The average molecular weight is 1810 g/mol. The van der Waals surface area contributed by atoms with E-state index in [-0.39, 0.29) is 85.0 Å². The Morgan fingerprint density at radius 2 is 1.35 bits per heavy atom. The summed E-state index contributed by atoms with van der Waals surface area (Å²) in [6.45, 7) is 8.83. The van der Waals surface area contributed by atoms with E-state index >= 15 is 9.59 Å². The van der Waals surface area contributed by atoms with Crippen molar-refractivity contribution in [3.05, 3.63) is 131 Å². The molecule has 11 N–H and O–H groups in total. The van der Waals surface area contributed by atoms with E-state index in [0.717, 1.165) is 13.8 Å². The molecule has 6 aliphatic rings. The molecular formula is C89H119N7O33. The fourth-order valence-corrected chi connectivity index (χ4v) is 17.7. The average Bonchev–Trinajstić information content (AvgIpc) is 0.717. The second-order valence-corrected chi connectivity index (χ2v) is 33.8. The normalized spacial score (nSPS) is 28.9. The molecule has 40 nitrogen and oxygen atoms in total. The monoisotopic (exact) mass is 1810 g/mol. The highest BCUT2D eigenvalue weighted by Gasteiger charge is 2.78. The second-order valence-electron chi connectivity index (χ2n) is 33.8. The van der Waals surface area contributed by atoms with Crippen LogP contribution in [0.5, 0.6) is 0 Å². The van der Waals surface area contributed by atoms with Gasteiger partial charge in [0.1, 0.15) is 91.9 Å². The van der Waals surface area contributed by atoms with Crippen LogP contribution in [0.3, 0.4) is 0 Å². The molecule has 10 rings (SSSR count). The van der Waals surface area contributed by atoms with Gasteiger partial charge in [-0.15, -0.1) is 5.10 Å². The number of methoxy groups -OCH3 is 2. The first-order valence-corrected chi connectivity index (χ1v) is 43.2. The predicted octanol–water partition coefficient (Wildman–Crippen LogP) is 1.82. The van der Waals surface area contributed by atoms with Gasteiger partial charge in [0.15, 0.2) is 42.0 Å². The summed E-state index contributed by atoms with van der Waals surface area (Å²) >= 11 is 0. The third-order valence-corrected chi connectivity index (χ3v) is 24.7. The molecule has 3 aliphatic heterocycles. The Bertz CT molecular complexity index is 4560. The maximum Gasteiger partial charge on any atom is 0.408 e. The van der Waals surface area contributed by atoms with Gasteiger partial charge in [-0.2, -0.15) is 0 Å². The quantitative estimate of drug-likeness (QED) is 0.0130. The van der Waals surface area contributed by atoms with Crippen molar-refractivity contribution >= 4 is 71.2 Å². The molecule has 4 unspecified atom stereocenters. The van der Waals surface area contributed by atoms with Crippen LogP contribution in [0, 0.1) is 16.7 Å². The minimum absolute atomic E-state index is 0.0138. The number of esters is 6. The van der Waals surface area contributed by atoms with Crippen LogP contribution in [0.2, 0.25) is 0 Å². The number of ketones is 2. The largest absolute Gasteiger partial charge is 0.464 e. The van der Waals surface area contributed by atoms with Crippen molar-refractivity contribution in [2.24, 2.45) is 16.7 Å². The number of rotatable bonds is 43. The van der Waals surface area contributed by atoms with Crippen LogP contribution >= 0.6 is 0 Å². The van der Waals surface area contributed by atoms with E-state index in [4.69, 9.17) is 66.3 Å². The molecule has 23 atom stereocenters. The van der Waals surface area contributed by atoms with Gasteiger partial charge in [0.2, 0.25) is 17.9 Å². The Balaban J connectivity index is 0.693. The molecule has 3 saturated heterocycles. The summed E-state index contributed by atoms with van der Waals surface area (Å²) < 4.78 is 81.8. The lowest BCUT2D eigenvalue weighted by Gasteiger charge is -2.67. The number of alkyl carbamates (subject to hydrolysis) is 1. The van der Waals surface area contributed by atoms with Crippen molar-refractivity contribution in [2.45, 2.75) is 273 Å². The molecule has 0 radical (unpaired) electrons. The number of hydrogen-bond donors (Lipinski definition) is 11. The van der Waals surface area contributed by atoms with Gasteiger partial charge in [0, 0.05) is 84.0 Å². The molecule has 4 heterocycles. The van der Waals surface area contributed by atoms with Gasteiger partial charge in [-0.3, -0.25) is 38.2 Å². The fraction of sp³-hybridized carbons (Fsp3) is 0.618. The lowest BCUT2D eigenvalue weighted by Crippen LogP contribution is -2.82. The van der Waals surface area contributed by atoms with Crippen LogP contribution in [0.15, 0.2) is 108 Å². The number of hydrogen-bond acceptors (Lipinski definition) is 35. The number of Topliss-reactive ketones (excluding diaryl/α,β-unsaturated/α-hetero) is 2. The number of aliphatic hydroxyl groups is 7. The Hall–Kier alpha value is -10.2. The van der Waals surface area contributed by atoms with E-state index in [2.05, 4.69) is 31.6 Å². The number of fused-ring (bicyclic) bond motifs is 5. The maximum absolute atomic E-state index is 16.0. The Kier molecular flexibility index (Phi) is 35.7. The highest BCUT2D eigenvalue weighted by atomic mass is 16.7. The standard InChI is InChI=1S/C89H119N7O33/c1-11-119-81(112)56(92-63(101)37-22-15-27-39-96-42-55(94-95-96)34-23-24-36-57(99)49(3)91-85(114)127-75-69(105)60(124-83(117-10)72(75)108)44-120-84-71(107)70(106)68(104)59(125-84)43-116-9)35-25-26-38-90-64(102)45-118-46-65(103)126-74(67(52-28-16-12-17-29-52)93-79(110)53-30-18-13-19-31-53)82(113)123-58-41-89(115)78(128-80(111)54-32-20-14-21-33-54)76-87(8,61(100)40-62-88(76,47-121-62)129-51(5)98)77(109)73(122-50(4)97)66(48(58)2)86(89,6)7/h12-14,16-21,28-33,42,49,56,58-62,67-76,78,83-84,100,104-108,115H,11,15,22-27,34-41,43-47H2,1-10H3,(H,90,102)(H,91,114)(H,92,101)(H,93,110)/t49-,56-,58-,59?,60?,61-,62+,67-,68+,69+,70-,71?,72?,73+,74+,75-,76-,78-,83-,84+,87+,88-,89+/m0/s1. The van der Waals surface area contributed by atoms with E-state index in [1.807, 2.05) is 0 Å². The van der Waals surface area contributed by atoms with Crippen LogP contribution < -0.4 is 21.3 Å². The second kappa shape index (κ2) is 45.6. The zero-order valence-corrected chi connectivity index (χ0v) is 73.7. The van der Waals surface area contributed by atoms with Crippen molar-refractivity contribution in [3.8, 4) is 0 Å². The molecule has 129 heavy (non-hydrogen) atoms. The number of nitrogens with one attached hydrogen (secondary N) is 4. The molecule has 4 aromatic rings. The van der Waals surface area contributed by atoms with E-state index < -0.39 is 236 Å². The Labute approximate surface area is 744 Å². The van der Waals surface area contributed by atoms with Gasteiger partial charge < -0.3 is 123 Å². The number of amides is 4. The first kappa shape index (κ1) is 101. The van der Waals surface area contributed by atoms with Gasteiger partial charge in [-0.05, 0) is 120 Å². The molecule has 2 saturated carbocycles. The molecule has 2 bridgehead atoms. The van der Waals surface area contributed by atoms with Crippen molar-refractivity contribution < 1.29 is 160 Å². The number of aliphatic hydroxyl groups excluding tert-OH is 6. The summed E-state index contributed by atoms with van der Waals surface area (Å²) in [6.07, 6.45) is -22.2. The van der Waals surface area contributed by atoms with Gasteiger partial charge >= 0.3 is 41.9 Å². The number of carbonyl (C=O) groups excluding carboxylic acids is 12. The molecule has 3 aromatic carbocycles. The van der Waals surface area contributed by atoms with Gasteiger partial charge in [-0.25, -0.2) is 24.0 Å². The van der Waals surface area contributed by atoms with Crippen molar-refractivity contribution in [2.75, 3.05) is 60.4 Å². The number of carbonyl (C=O) groups is 12. The van der Waals surface area contributed by atoms with Crippen molar-refractivity contribution in [1.29, 1.82) is 0 Å². The van der Waals surface area contributed by atoms with Crippen LogP contribution in [-0.4, -0.2) is 304 Å². The number of nitrogens with zero attached hydrogens (tertiary/aromatic N) is 3. The van der Waals surface area contributed by atoms with Crippen molar-refractivity contribution in [3.63, 3.8) is 0 Å². The van der Waals surface area contributed by atoms with Crippen LogP contribution in [-0.2, 0) is 122 Å². The van der Waals surface area contributed by atoms with E-state index in [1.54, 1.807) is 72.4 Å². The highest BCUT2D eigenvalue weighted by Crippen LogP contribution is 2.65. The number of unbranched alkanes of at least 4 members (excludes halogenated alkanes) is 4. The van der Waals surface area contributed by atoms with Crippen LogP contribution in [0.25, 0.3) is 0 Å². The lowest BCUT2D eigenvalue weighted by molar-refractivity contribution is -0.346. The van der Waals surface area contributed by atoms with Gasteiger partial charge in [0.25, 0.3) is 5.91 Å². The molecule has 4 amide bonds. The third-order valence-electron chi connectivity index (χ3n) is 24.7. The van der Waals surface area contributed by atoms with Gasteiger partial charge in [0.05, 0.1) is 61.2 Å². The topological polar surface area (TPSA) is 554 Å². The summed E-state index contributed by atoms with van der Waals surface area (Å²) in [5.74, 6) is -10.9. The number of aromatic nitrogens is 3. The molecule has 1 aromatic heterocycles. The summed E-state index contributed by atoms with van der Waals surface area (Å²) in [4.78, 5) is 167. The summed E-state index contributed by atoms with van der Waals surface area (Å²) in [7, 11) is 2.53. The summed E-state index contributed by atoms with van der Waals surface area (Å²) in [6, 6.07) is 19.7. The molecule has 3 aliphatic carbocycles. The molecule has 40 heteroatoms. The number of aryl methyl sites for hydroxylation is 2. The first-order chi connectivity index (χ1) is 61.4. The Morgan fingerprint density at radius 3 is 2.00 bits per heavy atom. The Morgan fingerprint density at radius 1 is 0.682 bits per heavy atom. The summed E-state index contributed by atoms with van der Waals surface area (Å²) in [5.41, 5.74) is -7.61. The molecular weight excluding hydrogens is 1690 g/mol. The zero-order chi connectivity index (χ0) is 93.8. The van der Waals surface area contributed by atoms with Crippen molar-refractivity contribution in [1.82, 2.24) is 36.3 Å². The third kappa shape index (κ3) is 24.2. The van der Waals surface area contributed by atoms with E-state index in [9.17, 15) is 83.7 Å². The number of ether oxygens (including phenoxy) is 14. The highest BCUT2D eigenvalue weighted by molar-refractivity contribution is 5.97. The van der Waals surface area contributed by atoms with Gasteiger partial charge in [-0.1, -0.05) is 92.2 Å². The molecule has 708 valence electrons. The van der Waals surface area contributed by atoms with Crippen LogP contribution in [0.4, 0.5) is 4.79 Å². The summed E-state index contributed by atoms with van der Waals surface area (Å²) in [5, 5.41) is 98.6. The SMILES string of the molecule is CCOC(=O)[C@H](CCCCNC(=O)COCC(=O)O[C@@H](C(=O)O[C@H]1C[C@@]2(O)[C@@H](OC(=O)c3ccccc3)[C@@H]3[C@]4(OC(C)=O)CO[C@@H]4C[C@H](O)[C@@]3(C)C(=O)[C@H](OC(C)=O)C(=C1C)C2(C)C)[C@@H](NC(=O)c1ccccc1)c1ccccc1)NC(=O)CCCCCn1cc(CCCCC(=O)[C@H](C)NC(=O)O[C@@H]2C(O)[C@@H](OC)OC(CO[C@@H]3OC(COC)[C@@H](O)[C@H](O)C3O)[C@H]2O)nn1. The molecule has 0 spiro atoms. The maximum atomic E-state index is 16.0. The smallest absolute Gasteiger partial charge is 0.408 e. The molecule has 5 fully saturated rings. The van der Waals surface area contributed by atoms with E-state index in [0.29, 0.717) is 63.6 Å². The lowest BCUT2D eigenvalue weighted by atomic mass is 9.44.